The molecule has 0 heterocycles. The van der Waals surface area contributed by atoms with Gasteiger partial charge >= 0.3 is 0 Å². The highest BCUT2D eigenvalue weighted by molar-refractivity contribution is 5.80. The Morgan fingerprint density at radius 1 is 1.50 bits per heavy atom. The lowest BCUT2D eigenvalue weighted by Gasteiger charge is -2.14. The van der Waals surface area contributed by atoms with Crippen molar-refractivity contribution in [2.75, 3.05) is 7.05 Å². The van der Waals surface area contributed by atoms with Crippen molar-refractivity contribution < 1.29 is 9.59 Å². The Morgan fingerprint density at radius 2 is 2.00 bits per heavy atom. The third-order valence-electron chi connectivity index (χ3n) is 1.09. The summed E-state index contributed by atoms with van der Waals surface area (Å²) in [5.74, 6) is -0.334. The summed E-state index contributed by atoms with van der Waals surface area (Å²) in [6, 6.07) is 0. The molecule has 0 aromatic rings. The highest BCUT2D eigenvalue weighted by Gasteiger charge is 2.03. The first kappa shape index (κ1) is 8.94. The number of nitrogens with zero attached hydrogens (tertiary/aromatic N) is 1. The van der Waals surface area contributed by atoms with Gasteiger partial charge in [0.1, 0.15) is 0 Å². The van der Waals surface area contributed by atoms with Crippen LogP contribution in [0.2, 0.25) is 0 Å². The van der Waals surface area contributed by atoms with Crippen molar-refractivity contribution in [3.63, 3.8) is 0 Å². The van der Waals surface area contributed by atoms with Gasteiger partial charge in [-0.2, -0.15) is 0 Å². The number of hydrazine groups is 1. The van der Waals surface area contributed by atoms with Crippen LogP contribution < -0.4 is 5.43 Å². The number of carbonyl (C=O) groups is 2. The molecule has 0 rings (SSSR count). The zero-order chi connectivity index (χ0) is 8.15. The molecule has 0 aliphatic rings. The molecule has 0 saturated heterocycles. The van der Waals surface area contributed by atoms with E-state index in [0.717, 1.165) is 5.01 Å². The van der Waals surface area contributed by atoms with Gasteiger partial charge in [-0.05, 0) is 0 Å². The van der Waals surface area contributed by atoms with E-state index in [2.05, 4.69) is 5.43 Å². The van der Waals surface area contributed by atoms with Crippen LogP contribution in [0.15, 0.2) is 0 Å². The van der Waals surface area contributed by atoms with Gasteiger partial charge in [0.05, 0.1) is 0 Å². The molecule has 58 valence electrons. The van der Waals surface area contributed by atoms with Crippen LogP contribution in [0.1, 0.15) is 20.3 Å². The van der Waals surface area contributed by atoms with E-state index in [1.807, 2.05) is 0 Å². The number of hydrogen-bond acceptors (Lipinski definition) is 2. The van der Waals surface area contributed by atoms with E-state index in [1.165, 1.54) is 14.0 Å². The molecular weight excluding hydrogens is 132 g/mol. The molecule has 4 heteroatoms. The lowest BCUT2D eigenvalue weighted by atomic mass is 10.5. The number of rotatable bonds is 1. The molecule has 4 nitrogen and oxygen atoms in total. The van der Waals surface area contributed by atoms with Gasteiger partial charge in [-0.1, -0.05) is 6.92 Å². The molecule has 0 fully saturated rings. The second kappa shape index (κ2) is 3.87. The number of amides is 2. The van der Waals surface area contributed by atoms with Crippen molar-refractivity contribution >= 4 is 11.8 Å². The Balaban J connectivity index is 3.68. The van der Waals surface area contributed by atoms with E-state index >= 15 is 0 Å². The van der Waals surface area contributed by atoms with Crippen LogP contribution in [0, 0.1) is 0 Å². The van der Waals surface area contributed by atoms with Crippen LogP contribution in [0.5, 0.6) is 0 Å². The van der Waals surface area contributed by atoms with Crippen LogP contribution in [0.3, 0.4) is 0 Å². The number of carbonyl (C=O) groups excluding carboxylic acids is 2. The lowest BCUT2D eigenvalue weighted by molar-refractivity contribution is -0.138. The van der Waals surface area contributed by atoms with Crippen molar-refractivity contribution in [3.05, 3.63) is 0 Å². The van der Waals surface area contributed by atoms with E-state index in [9.17, 15) is 9.59 Å². The third kappa shape index (κ3) is 3.06. The number of nitrogens with one attached hydrogen (secondary N) is 1. The molecule has 0 bridgehead atoms. The topological polar surface area (TPSA) is 49.4 Å². The average molecular weight is 144 g/mol. The molecule has 10 heavy (non-hydrogen) atoms. The van der Waals surface area contributed by atoms with Crippen molar-refractivity contribution in [1.82, 2.24) is 10.4 Å². The first-order chi connectivity index (χ1) is 4.57. The predicted molar refractivity (Wildman–Crippen MR) is 36.9 cm³/mol. The minimum absolute atomic E-state index is 0.155. The summed E-state index contributed by atoms with van der Waals surface area (Å²) in [6.45, 7) is 3.11. The van der Waals surface area contributed by atoms with E-state index in [-0.39, 0.29) is 11.8 Å². The molecule has 0 aromatic heterocycles. The maximum atomic E-state index is 10.6. The van der Waals surface area contributed by atoms with Crippen LogP contribution in [-0.2, 0) is 9.59 Å². The standard InChI is InChI=1S/C6H12N2O2/c1-4-6(10)7-8(3)5(2)9/h4H2,1-3H3,(H,7,10). The summed E-state index contributed by atoms with van der Waals surface area (Å²) in [5, 5.41) is 1.16. The molecule has 2 amide bonds. The molecule has 1 N–H and O–H groups in total. The fourth-order valence-electron chi connectivity index (χ4n) is 0.345. The van der Waals surface area contributed by atoms with Crippen molar-refractivity contribution in [2.45, 2.75) is 20.3 Å². The first-order valence-electron chi connectivity index (χ1n) is 3.11. The molecule has 0 unspecified atom stereocenters. The average Bonchev–Trinajstić information content (AvgIpc) is 1.87. The quantitative estimate of drug-likeness (QED) is 0.523. The van der Waals surface area contributed by atoms with Crippen LogP contribution in [0.4, 0.5) is 0 Å². The minimum Gasteiger partial charge on any atom is -0.273 e. The largest absolute Gasteiger partial charge is 0.273 e. The van der Waals surface area contributed by atoms with Gasteiger partial charge < -0.3 is 0 Å². The monoisotopic (exact) mass is 144 g/mol. The highest BCUT2D eigenvalue weighted by Crippen LogP contribution is 1.79. The molecule has 0 spiro atoms. The van der Waals surface area contributed by atoms with E-state index < -0.39 is 0 Å². The van der Waals surface area contributed by atoms with Gasteiger partial charge in [-0.25, -0.2) is 0 Å². The fraction of sp³-hybridized carbons (Fsp3) is 0.667. The molecule has 0 aromatic carbocycles. The van der Waals surface area contributed by atoms with Gasteiger partial charge in [0, 0.05) is 20.4 Å². The van der Waals surface area contributed by atoms with Gasteiger partial charge in [0.15, 0.2) is 0 Å². The summed E-state index contributed by atoms with van der Waals surface area (Å²) in [7, 11) is 1.51. The smallest absolute Gasteiger partial charge is 0.238 e. The summed E-state index contributed by atoms with van der Waals surface area (Å²) >= 11 is 0. The molecule has 0 aliphatic carbocycles. The Bertz CT molecular complexity index is 145. The second-order valence-corrected chi connectivity index (χ2v) is 1.97. The Morgan fingerprint density at radius 3 is 2.30 bits per heavy atom. The van der Waals surface area contributed by atoms with Crippen molar-refractivity contribution in [2.24, 2.45) is 0 Å². The van der Waals surface area contributed by atoms with Crippen LogP contribution >= 0.6 is 0 Å². The van der Waals surface area contributed by atoms with E-state index in [0.29, 0.717) is 6.42 Å². The lowest BCUT2D eigenvalue weighted by Crippen LogP contribution is -2.41. The summed E-state index contributed by atoms with van der Waals surface area (Å²) in [4.78, 5) is 21.1. The maximum absolute atomic E-state index is 10.6. The molecule has 0 aliphatic heterocycles. The Labute approximate surface area is 60.2 Å². The minimum atomic E-state index is -0.179. The zero-order valence-corrected chi connectivity index (χ0v) is 6.47. The van der Waals surface area contributed by atoms with Crippen molar-refractivity contribution in [1.29, 1.82) is 0 Å². The van der Waals surface area contributed by atoms with E-state index in [1.54, 1.807) is 6.92 Å². The zero-order valence-electron chi connectivity index (χ0n) is 6.47. The van der Waals surface area contributed by atoms with Crippen LogP contribution in [-0.4, -0.2) is 23.9 Å². The number of hydrogen-bond donors (Lipinski definition) is 1. The van der Waals surface area contributed by atoms with Gasteiger partial charge in [0.2, 0.25) is 11.8 Å². The van der Waals surface area contributed by atoms with Gasteiger partial charge in [0.25, 0.3) is 0 Å². The summed E-state index contributed by atoms with van der Waals surface area (Å²) < 4.78 is 0. The third-order valence-corrected chi connectivity index (χ3v) is 1.09. The molecule has 0 radical (unpaired) electrons. The highest BCUT2D eigenvalue weighted by atomic mass is 16.2. The first-order valence-corrected chi connectivity index (χ1v) is 3.11. The molecular formula is C6H12N2O2. The Kier molecular flexibility index (Phi) is 3.46. The fourth-order valence-corrected chi connectivity index (χ4v) is 0.345. The van der Waals surface area contributed by atoms with Crippen molar-refractivity contribution in [3.8, 4) is 0 Å². The van der Waals surface area contributed by atoms with E-state index in [4.69, 9.17) is 0 Å². The SMILES string of the molecule is CCC(=O)NN(C)C(C)=O. The van der Waals surface area contributed by atoms with Gasteiger partial charge in [-0.3, -0.25) is 20.0 Å². The normalized spacial score (nSPS) is 8.70. The predicted octanol–water partition coefficient (Wildman–Crippen LogP) is -0.0941. The summed E-state index contributed by atoms with van der Waals surface area (Å²) in [5.41, 5.74) is 2.37. The Hall–Kier alpha value is -1.06. The maximum Gasteiger partial charge on any atom is 0.238 e. The second-order valence-electron chi connectivity index (χ2n) is 1.97. The van der Waals surface area contributed by atoms with Gasteiger partial charge in [-0.15, -0.1) is 0 Å². The molecule has 0 saturated carbocycles. The molecule has 0 atom stereocenters. The van der Waals surface area contributed by atoms with Crippen LogP contribution in [0.25, 0.3) is 0 Å². The summed E-state index contributed by atoms with van der Waals surface area (Å²) in [6.07, 6.45) is 0.387.